The highest BCUT2D eigenvalue weighted by Gasteiger charge is 2.16. The number of carbonyl (C=O) groups is 2. The molecule has 0 heterocycles. The summed E-state index contributed by atoms with van der Waals surface area (Å²) in [5, 5.41) is 6.31. The maximum Gasteiger partial charge on any atom is 0.407 e. The van der Waals surface area contributed by atoms with Crippen LogP contribution in [-0.2, 0) is 17.8 Å². The first kappa shape index (κ1) is 27.0. The average molecular weight is 527 g/mol. The monoisotopic (exact) mass is 526 g/mol. The number of hydrogen-bond acceptors (Lipinski definition) is 3. The zero-order valence-corrected chi connectivity index (χ0v) is 22.5. The first-order valence-corrected chi connectivity index (χ1v) is 12.8. The minimum atomic E-state index is -0.552. The topological polar surface area (TPSA) is 67.4 Å². The lowest BCUT2D eigenvalue weighted by Crippen LogP contribution is -2.32. The Morgan fingerprint density at radius 2 is 1.32 bits per heavy atom. The van der Waals surface area contributed by atoms with Gasteiger partial charge in [0.25, 0.3) is 5.91 Å². The van der Waals surface area contributed by atoms with Crippen molar-refractivity contribution in [3.63, 3.8) is 0 Å². The fourth-order valence-electron chi connectivity index (χ4n) is 3.98. The number of halogens is 1. The number of nitrogens with one attached hydrogen (secondary N) is 2. The van der Waals surface area contributed by atoms with Crippen LogP contribution in [-0.4, -0.2) is 17.6 Å². The number of alkyl carbamates (subject to hydrolysis) is 1. The summed E-state index contributed by atoms with van der Waals surface area (Å²) in [5.74, 6) is -0.193. The van der Waals surface area contributed by atoms with Gasteiger partial charge >= 0.3 is 6.09 Å². The van der Waals surface area contributed by atoms with Crippen molar-refractivity contribution in [2.24, 2.45) is 0 Å². The number of rotatable bonds is 7. The summed E-state index contributed by atoms with van der Waals surface area (Å²) in [6.45, 7) is 6.15. The van der Waals surface area contributed by atoms with E-state index in [0.29, 0.717) is 23.7 Å². The third kappa shape index (κ3) is 7.46. The van der Waals surface area contributed by atoms with E-state index in [1.807, 2.05) is 81.4 Å². The molecule has 4 aromatic carbocycles. The molecule has 2 N–H and O–H groups in total. The Hall–Kier alpha value is -4.09. The van der Waals surface area contributed by atoms with Crippen molar-refractivity contribution in [3.05, 3.63) is 119 Å². The molecule has 0 aliphatic rings. The maximum absolute atomic E-state index is 13.0. The predicted octanol–water partition coefficient (Wildman–Crippen LogP) is 7.63. The maximum atomic E-state index is 13.0. The second kappa shape index (κ2) is 12.0. The third-order valence-electron chi connectivity index (χ3n) is 5.81. The summed E-state index contributed by atoms with van der Waals surface area (Å²) < 4.78 is 5.28. The summed E-state index contributed by atoms with van der Waals surface area (Å²) in [6, 6.07) is 31.3. The zero-order chi connectivity index (χ0) is 27.1. The number of carbonyl (C=O) groups excluding carboxylic acids is 2. The second-order valence-electron chi connectivity index (χ2n) is 10.00. The van der Waals surface area contributed by atoms with Crippen molar-refractivity contribution in [1.82, 2.24) is 10.6 Å². The minimum absolute atomic E-state index is 0.193. The van der Waals surface area contributed by atoms with Gasteiger partial charge in [-0.25, -0.2) is 4.79 Å². The van der Waals surface area contributed by atoms with E-state index in [0.717, 1.165) is 33.4 Å². The van der Waals surface area contributed by atoms with E-state index in [1.54, 1.807) is 12.1 Å². The van der Waals surface area contributed by atoms with Gasteiger partial charge in [0.05, 0.1) is 0 Å². The van der Waals surface area contributed by atoms with Crippen molar-refractivity contribution in [2.45, 2.75) is 39.5 Å². The molecule has 0 radical (unpaired) electrons. The molecule has 4 aromatic rings. The molecule has 0 bridgehead atoms. The van der Waals surface area contributed by atoms with Crippen LogP contribution < -0.4 is 10.6 Å². The highest BCUT2D eigenvalue weighted by Crippen LogP contribution is 2.31. The Labute approximate surface area is 228 Å². The lowest BCUT2D eigenvalue weighted by atomic mass is 9.99. The zero-order valence-electron chi connectivity index (χ0n) is 21.8. The van der Waals surface area contributed by atoms with Crippen molar-refractivity contribution in [3.8, 4) is 22.3 Å². The van der Waals surface area contributed by atoms with Gasteiger partial charge in [0, 0.05) is 29.2 Å². The lowest BCUT2D eigenvalue weighted by Gasteiger charge is -2.19. The molecule has 0 aliphatic heterocycles. The fraction of sp³-hybridized carbons (Fsp3) is 0.188. The van der Waals surface area contributed by atoms with Crippen molar-refractivity contribution in [1.29, 1.82) is 0 Å². The third-order valence-corrected chi connectivity index (χ3v) is 6.14. The van der Waals surface area contributed by atoms with E-state index in [9.17, 15) is 9.59 Å². The molecule has 0 unspecified atom stereocenters. The molecule has 194 valence electrons. The highest BCUT2D eigenvalue weighted by molar-refractivity contribution is 6.33. The molecule has 5 nitrogen and oxygen atoms in total. The molecule has 0 fully saturated rings. The molecule has 38 heavy (non-hydrogen) atoms. The number of hydrogen-bond donors (Lipinski definition) is 2. The Bertz CT molecular complexity index is 1410. The van der Waals surface area contributed by atoms with Gasteiger partial charge in [-0.15, -0.1) is 0 Å². The van der Waals surface area contributed by atoms with Gasteiger partial charge in [-0.1, -0.05) is 90.5 Å². The van der Waals surface area contributed by atoms with Crippen LogP contribution in [0, 0.1) is 0 Å². The first-order chi connectivity index (χ1) is 18.2. The van der Waals surface area contributed by atoms with Crippen LogP contribution in [0.4, 0.5) is 4.79 Å². The molecule has 0 aliphatic carbocycles. The Balaban J connectivity index is 1.39. The van der Waals surface area contributed by atoms with E-state index in [-0.39, 0.29) is 5.91 Å². The van der Waals surface area contributed by atoms with E-state index in [1.165, 1.54) is 0 Å². The average Bonchev–Trinajstić information content (AvgIpc) is 2.91. The summed E-state index contributed by atoms with van der Waals surface area (Å²) in [5.41, 5.74) is 5.81. The molecule has 0 saturated heterocycles. The summed E-state index contributed by atoms with van der Waals surface area (Å²) in [6.07, 6.45) is -0.468. The van der Waals surface area contributed by atoms with E-state index < -0.39 is 11.7 Å². The lowest BCUT2D eigenvalue weighted by molar-refractivity contribution is 0.0523. The summed E-state index contributed by atoms with van der Waals surface area (Å²) in [7, 11) is 0. The Morgan fingerprint density at radius 3 is 1.97 bits per heavy atom. The number of ether oxygens (including phenoxy) is 1. The van der Waals surface area contributed by atoms with Gasteiger partial charge in [-0.3, -0.25) is 4.79 Å². The minimum Gasteiger partial charge on any atom is -0.444 e. The van der Waals surface area contributed by atoms with Crippen molar-refractivity contribution < 1.29 is 14.3 Å². The summed E-state index contributed by atoms with van der Waals surface area (Å²) >= 11 is 6.50. The van der Waals surface area contributed by atoms with E-state index in [2.05, 4.69) is 34.9 Å². The largest absolute Gasteiger partial charge is 0.444 e. The number of amides is 2. The van der Waals surface area contributed by atoms with Gasteiger partial charge in [-0.2, -0.15) is 0 Å². The second-order valence-corrected chi connectivity index (χ2v) is 10.4. The van der Waals surface area contributed by atoms with E-state index >= 15 is 0 Å². The normalized spacial score (nSPS) is 11.1. The molecular weight excluding hydrogens is 496 g/mol. The first-order valence-electron chi connectivity index (χ1n) is 12.5. The van der Waals surface area contributed by atoms with Gasteiger partial charge in [-0.05, 0) is 66.8 Å². The molecule has 0 saturated carbocycles. The van der Waals surface area contributed by atoms with Crippen LogP contribution in [0.25, 0.3) is 22.3 Å². The smallest absolute Gasteiger partial charge is 0.407 e. The van der Waals surface area contributed by atoms with Crippen LogP contribution in [0.2, 0.25) is 5.02 Å². The van der Waals surface area contributed by atoms with Gasteiger partial charge in [0.15, 0.2) is 0 Å². The van der Waals surface area contributed by atoms with Crippen LogP contribution in [0.3, 0.4) is 0 Å². The molecule has 0 aromatic heterocycles. The summed E-state index contributed by atoms with van der Waals surface area (Å²) in [4.78, 5) is 24.9. The Kier molecular flexibility index (Phi) is 8.49. The van der Waals surface area contributed by atoms with Crippen molar-refractivity contribution in [2.75, 3.05) is 0 Å². The molecule has 0 spiro atoms. The van der Waals surface area contributed by atoms with Crippen LogP contribution in [0.5, 0.6) is 0 Å². The van der Waals surface area contributed by atoms with Gasteiger partial charge < -0.3 is 15.4 Å². The Morgan fingerprint density at radius 1 is 0.711 bits per heavy atom. The molecular formula is C32H31ClN2O3. The molecule has 4 rings (SSSR count). The molecule has 0 atom stereocenters. The van der Waals surface area contributed by atoms with Crippen LogP contribution in [0.1, 0.15) is 42.3 Å². The van der Waals surface area contributed by atoms with Crippen molar-refractivity contribution >= 4 is 23.6 Å². The quantitative estimate of drug-likeness (QED) is 0.260. The van der Waals surface area contributed by atoms with Crippen LogP contribution >= 0.6 is 11.6 Å². The fourth-order valence-corrected chi connectivity index (χ4v) is 4.21. The standard InChI is InChI=1S/C32H31ClN2O3/c1-32(2,3)38-31(37)35-21-23-9-7-8-22(18-23)20-34-30(36)27-16-17-29(33)28(19-27)26-14-12-25(13-15-26)24-10-5-4-6-11-24/h4-19H,20-21H2,1-3H3,(H,34,36)(H,35,37). The number of benzene rings is 4. The van der Waals surface area contributed by atoms with Crippen LogP contribution in [0.15, 0.2) is 97.1 Å². The highest BCUT2D eigenvalue weighted by atomic mass is 35.5. The van der Waals surface area contributed by atoms with E-state index in [4.69, 9.17) is 16.3 Å². The molecule has 6 heteroatoms. The van der Waals surface area contributed by atoms with Gasteiger partial charge in [0.2, 0.25) is 0 Å². The SMILES string of the molecule is CC(C)(C)OC(=O)NCc1cccc(CNC(=O)c2ccc(Cl)c(-c3ccc(-c4ccccc4)cc3)c2)c1. The predicted molar refractivity (Wildman–Crippen MR) is 153 cm³/mol. The molecule has 2 amide bonds. The van der Waals surface area contributed by atoms with Gasteiger partial charge in [0.1, 0.15) is 5.60 Å².